The van der Waals surface area contributed by atoms with Gasteiger partial charge in [-0.15, -0.1) is 12.4 Å². The predicted octanol–water partition coefficient (Wildman–Crippen LogP) is 4.49. The van der Waals surface area contributed by atoms with E-state index in [2.05, 4.69) is 0 Å². The summed E-state index contributed by atoms with van der Waals surface area (Å²) < 4.78 is 5.18. The summed E-state index contributed by atoms with van der Waals surface area (Å²) in [5, 5.41) is 0. The van der Waals surface area contributed by atoms with E-state index in [0.29, 0.717) is 25.4 Å². The average molecular weight is 334 g/mol. The van der Waals surface area contributed by atoms with E-state index >= 15 is 0 Å². The quantitative estimate of drug-likeness (QED) is 0.626. The average Bonchev–Trinajstić information content (AvgIpc) is 2.52. The number of nitrogen functional groups attached to an aromatic ring is 1. The van der Waals surface area contributed by atoms with Crippen LogP contribution in [-0.2, 0) is 16.0 Å². The zero-order valence-electron chi connectivity index (χ0n) is 13.6. The lowest BCUT2D eigenvalue weighted by Gasteiger charge is -2.09. The number of carbonyl (C=O) groups excluding carboxylic acids is 1. The van der Waals surface area contributed by atoms with E-state index in [0.717, 1.165) is 22.4 Å². The van der Waals surface area contributed by atoms with E-state index in [-0.39, 0.29) is 18.4 Å². The molecular formula is C19H24ClNO2. The third-order valence-electron chi connectivity index (χ3n) is 3.40. The zero-order valence-corrected chi connectivity index (χ0v) is 14.4. The summed E-state index contributed by atoms with van der Waals surface area (Å²) in [6.45, 7) is 4.53. The summed E-state index contributed by atoms with van der Waals surface area (Å²) in [7, 11) is 0. The van der Waals surface area contributed by atoms with E-state index in [1.54, 1.807) is 0 Å². The van der Waals surface area contributed by atoms with E-state index in [9.17, 15) is 4.79 Å². The van der Waals surface area contributed by atoms with E-state index < -0.39 is 0 Å². The lowest BCUT2D eigenvalue weighted by molar-refractivity contribution is -0.144. The van der Waals surface area contributed by atoms with Crippen molar-refractivity contribution in [1.29, 1.82) is 0 Å². The van der Waals surface area contributed by atoms with Gasteiger partial charge in [0.2, 0.25) is 0 Å². The molecule has 0 saturated carbocycles. The van der Waals surface area contributed by atoms with Crippen molar-refractivity contribution in [3.8, 4) is 11.1 Å². The molecule has 0 atom stereocenters. The number of anilines is 1. The van der Waals surface area contributed by atoms with Crippen molar-refractivity contribution in [2.24, 2.45) is 5.92 Å². The highest BCUT2D eigenvalue weighted by atomic mass is 35.5. The molecule has 0 bridgehead atoms. The topological polar surface area (TPSA) is 52.3 Å². The fourth-order valence-corrected chi connectivity index (χ4v) is 2.23. The van der Waals surface area contributed by atoms with Crippen LogP contribution >= 0.6 is 12.4 Å². The normalized spacial score (nSPS) is 10.2. The van der Waals surface area contributed by atoms with Crippen LogP contribution in [0.1, 0.15) is 25.8 Å². The fraction of sp³-hybridized carbons (Fsp3) is 0.316. The van der Waals surface area contributed by atoms with Gasteiger partial charge >= 0.3 is 5.97 Å². The summed E-state index contributed by atoms with van der Waals surface area (Å²) in [5.74, 6) is 0.212. The van der Waals surface area contributed by atoms with Gasteiger partial charge in [-0.3, -0.25) is 4.79 Å². The first-order chi connectivity index (χ1) is 10.6. The number of ether oxygens (including phenoxy) is 1. The molecule has 2 N–H and O–H groups in total. The van der Waals surface area contributed by atoms with Crippen molar-refractivity contribution < 1.29 is 9.53 Å². The van der Waals surface area contributed by atoms with Gasteiger partial charge in [0.05, 0.1) is 6.61 Å². The SMILES string of the molecule is CC(C)COC(=O)CCc1ccc(-c2ccccc2)c(N)c1.Cl. The highest BCUT2D eigenvalue weighted by Crippen LogP contribution is 2.26. The summed E-state index contributed by atoms with van der Waals surface area (Å²) >= 11 is 0. The van der Waals surface area contributed by atoms with E-state index in [4.69, 9.17) is 10.5 Å². The number of carbonyl (C=O) groups is 1. The van der Waals surface area contributed by atoms with E-state index in [1.165, 1.54) is 0 Å². The molecule has 0 fully saturated rings. The third-order valence-corrected chi connectivity index (χ3v) is 3.40. The fourth-order valence-electron chi connectivity index (χ4n) is 2.23. The second-order valence-electron chi connectivity index (χ2n) is 5.86. The van der Waals surface area contributed by atoms with Crippen LogP contribution in [0.15, 0.2) is 48.5 Å². The molecule has 0 heterocycles. The van der Waals surface area contributed by atoms with Crippen molar-refractivity contribution in [3.63, 3.8) is 0 Å². The monoisotopic (exact) mass is 333 g/mol. The van der Waals surface area contributed by atoms with Crippen molar-refractivity contribution >= 4 is 24.1 Å². The molecule has 0 aliphatic heterocycles. The summed E-state index contributed by atoms with van der Waals surface area (Å²) in [6, 6.07) is 16.0. The number of benzene rings is 2. The van der Waals surface area contributed by atoms with Gasteiger partial charge in [0.15, 0.2) is 0 Å². The van der Waals surface area contributed by atoms with Gasteiger partial charge in [-0.05, 0) is 29.5 Å². The molecule has 0 amide bonds. The first-order valence-electron chi connectivity index (χ1n) is 7.65. The number of hydrogen-bond donors (Lipinski definition) is 1. The van der Waals surface area contributed by atoms with Gasteiger partial charge < -0.3 is 10.5 Å². The first kappa shape index (κ1) is 19.0. The van der Waals surface area contributed by atoms with Gasteiger partial charge in [0, 0.05) is 17.7 Å². The number of halogens is 1. The molecule has 0 aliphatic carbocycles. The Kier molecular flexibility index (Phi) is 7.63. The Bertz CT molecular complexity index is 627. The molecule has 23 heavy (non-hydrogen) atoms. The Balaban J connectivity index is 0.00000264. The standard InChI is InChI=1S/C19H23NO2.ClH/c1-14(2)13-22-19(21)11-9-15-8-10-17(18(20)12-15)16-6-4-3-5-7-16;/h3-8,10,12,14H,9,11,13,20H2,1-2H3;1H. The first-order valence-corrected chi connectivity index (χ1v) is 7.65. The minimum atomic E-state index is -0.153. The van der Waals surface area contributed by atoms with Gasteiger partial charge in [-0.1, -0.05) is 56.3 Å². The van der Waals surface area contributed by atoms with Crippen LogP contribution < -0.4 is 5.73 Å². The number of hydrogen-bond acceptors (Lipinski definition) is 3. The molecule has 2 rings (SSSR count). The zero-order chi connectivity index (χ0) is 15.9. The van der Waals surface area contributed by atoms with Crippen LogP contribution in [0, 0.1) is 5.92 Å². The number of aryl methyl sites for hydroxylation is 1. The lowest BCUT2D eigenvalue weighted by atomic mass is 10.00. The molecule has 0 radical (unpaired) electrons. The Labute approximate surface area is 144 Å². The smallest absolute Gasteiger partial charge is 0.306 e. The summed E-state index contributed by atoms with van der Waals surface area (Å²) in [5.41, 5.74) is 10.1. The highest BCUT2D eigenvalue weighted by molar-refractivity contribution is 5.85. The number of rotatable bonds is 6. The molecule has 124 valence electrons. The van der Waals surface area contributed by atoms with Crippen LogP contribution in [0.5, 0.6) is 0 Å². The maximum atomic E-state index is 11.6. The lowest BCUT2D eigenvalue weighted by Crippen LogP contribution is -2.10. The minimum Gasteiger partial charge on any atom is -0.465 e. The molecule has 2 aromatic carbocycles. The summed E-state index contributed by atoms with van der Waals surface area (Å²) in [4.78, 5) is 11.6. The molecule has 0 unspecified atom stereocenters. The van der Waals surface area contributed by atoms with Crippen molar-refractivity contribution in [3.05, 3.63) is 54.1 Å². The molecular weight excluding hydrogens is 310 g/mol. The maximum absolute atomic E-state index is 11.6. The second-order valence-corrected chi connectivity index (χ2v) is 5.86. The molecule has 0 aromatic heterocycles. The molecule has 0 spiro atoms. The van der Waals surface area contributed by atoms with Crippen LogP contribution in [-0.4, -0.2) is 12.6 Å². The van der Waals surface area contributed by atoms with E-state index in [1.807, 2.05) is 62.4 Å². The third kappa shape index (κ3) is 5.95. The van der Waals surface area contributed by atoms with Crippen molar-refractivity contribution in [1.82, 2.24) is 0 Å². The van der Waals surface area contributed by atoms with Crippen LogP contribution in [0.25, 0.3) is 11.1 Å². The number of esters is 1. The largest absolute Gasteiger partial charge is 0.465 e. The number of nitrogens with two attached hydrogens (primary N) is 1. The Hall–Kier alpha value is -2.00. The van der Waals surface area contributed by atoms with Crippen molar-refractivity contribution in [2.75, 3.05) is 12.3 Å². The molecule has 2 aromatic rings. The van der Waals surface area contributed by atoms with Gasteiger partial charge in [0.1, 0.15) is 0 Å². The minimum absolute atomic E-state index is 0. The molecule has 0 saturated heterocycles. The Morgan fingerprint density at radius 1 is 1.13 bits per heavy atom. The van der Waals surface area contributed by atoms with Crippen molar-refractivity contribution in [2.45, 2.75) is 26.7 Å². The second kappa shape index (κ2) is 9.21. The molecule has 4 heteroatoms. The van der Waals surface area contributed by atoms with Crippen LogP contribution in [0.4, 0.5) is 5.69 Å². The summed E-state index contributed by atoms with van der Waals surface area (Å²) in [6.07, 6.45) is 1.03. The Morgan fingerprint density at radius 3 is 2.43 bits per heavy atom. The Morgan fingerprint density at radius 2 is 1.83 bits per heavy atom. The molecule has 3 nitrogen and oxygen atoms in total. The van der Waals surface area contributed by atoms with Gasteiger partial charge in [0.25, 0.3) is 0 Å². The maximum Gasteiger partial charge on any atom is 0.306 e. The molecule has 0 aliphatic rings. The van der Waals surface area contributed by atoms with Crippen LogP contribution in [0.3, 0.4) is 0 Å². The predicted molar refractivity (Wildman–Crippen MR) is 97.7 cm³/mol. The van der Waals surface area contributed by atoms with Crippen LogP contribution in [0.2, 0.25) is 0 Å². The highest BCUT2D eigenvalue weighted by Gasteiger charge is 2.07. The van der Waals surface area contributed by atoms with Gasteiger partial charge in [-0.25, -0.2) is 0 Å². The van der Waals surface area contributed by atoms with Gasteiger partial charge in [-0.2, -0.15) is 0 Å².